The molecule has 0 fully saturated rings. The topological polar surface area (TPSA) is 6.25 Å². The summed E-state index contributed by atoms with van der Waals surface area (Å²) in [5, 5.41) is 0. The van der Waals surface area contributed by atoms with Gasteiger partial charge in [-0.1, -0.05) is 45.4 Å². The lowest BCUT2D eigenvalue weighted by molar-refractivity contribution is -0.530. The monoisotopic (exact) mass is 265 g/mol. The highest BCUT2D eigenvalue weighted by Gasteiger charge is 2.30. The molecule has 0 aromatic carbocycles. The molecule has 2 heterocycles. The van der Waals surface area contributed by atoms with E-state index in [1.807, 2.05) is 0 Å². The van der Waals surface area contributed by atoms with E-state index < -0.39 is 0 Å². The summed E-state index contributed by atoms with van der Waals surface area (Å²) in [7, 11) is 0. The van der Waals surface area contributed by atoms with E-state index in [9.17, 15) is 0 Å². The number of amidine groups is 1. The summed E-state index contributed by atoms with van der Waals surface area (Å²) in [6, 6.07) is 0. The second kappa shape index (κ2) is 8.60. The van der Waals surface area contributed by atoms with Crippen LogP contribution in [-0.2, 0) is 0 Å². The molecule has 2 rings (SSSR count). The van der Waals surface area contributed by atoms with Crippen molar-refractivity contribution in [2.75, 3.05) is 26.2 Å². The molecule has 0 N–H and O–H groups in total. The summed E-state index contributed by atoms with van der Waals surface area (Å²) in [5.41, 5.74) is 0. The molecule has 0 bridgehead atoms. The van der Waals surface area contributed by atoms with Crippen LogP contribution in [0.3, 0.4) is 0 Å². The maximum atomic E-state index is 2.69. The number of hydrogen-bond acceptors (Lipinski definition) is 1. The average molecular weight is 265 g/mol. The molecule has 0 radical (unpaired) electrons. The minimum absolute atomic E-state index is 1.32. The van der Waals surface area contributed by atoms with Crippen LogP contribution in [0, 0.1) is 0 Å². The zero-order valence-electron chi connectivity index (χ0n) is 13.0. The van der Waals surface area contributed by atoms with E-state index in [1.165, 1.54) is 96.8 Å². The summed E-state index contributed by atoms with van der Waals surface area (Å²) in [6.45, 7) is 7.58. The predicted molar refractivity (Wildman–Crippen MR) is 83.0 cm³/mol. The van der Waals surface area contributed by atoms with E-state index in [2.05, 4.69) is 16.4 Å². The Morgan fingerprint density at radius 2 is 1.58 bits per heavy atom. The highest BCUT2D eigenvalue weighted by atomic mass is 15.3. The first-order chi connectivity index (χ1) is 9.42. The number of unbranched alkanes of at least 4 members (excludes halogenated alkanes) is 7. The Hall–Kier alpha value is -0.530. The van der Waals surface area contributed by atoms with Gasteiger partial charge in [0, 0.05) is 6.42 Å². The molecule has 2 aliphatic heterocycles. The first-order valence-electron chi connectivity index (χ1n) is 8.77. The van der Waals surface area contributed by atoms with E-state index >= 15 is 0 Å². The van der Waals surface area contributed by atoms with E-state index in [-0.39, 0.29) is 0 Å². The first kappa shape index (κ1) is 14.9. The molecule has 2 aliphatic rings. The Kier molecular flexibility index (Phi) is 6.73. The van der Waals surface area contributed by atoms with Crippen molar-refractivity contribution in [2.24, 2.45) is 0 Å². The molecular formula is C17H33N2+. The average Bonchev–Trinajstić information content (AvgIpc) is 2.91. The van der Waals surface area contributed by atoms with Crippen molar-refractivity contribution < 1.29 is 4.58 Å². The van der Waals surface area contributed by atoms with E-state index in [4.69, 9.17) is 0 Å². The Morgan fingerprint density at radius 1 is 0.895 bits per heavy atom. The van der Waals surface area contributed by atoms with Gasteiger partial charge in [0.15, 0.2) is 0 Å². The predicted octanol–water partition coefficient (Wildman–Crippen LogP) is 4.04. The molecule has 110 valence electrons. The zero-order chi connectivity index (χ0) is 13.3. The summed E-state index contributed by atoms with van der Waals surface area (Å²) >= 11 is 0. The van der Waals surface area contributed by atoms with Gasteiger partial charge in [0.05, 0.1) is 32.6 Å². The van der Waals surface area contributed by atoms with Crippen molar-refractivity contribution in [3.8, 4) is 0 Å². The van der Waals surface area contributed by atoms with Gasteiger partial charge in [0.25, 0.3) is 0 Å². The molecule has 0 aliphatic carbocycles. The van der Waals surface area contributed by atoms with Gasteiger partial charge in [0.2, 0.25) is 5.84 Å². The van der Waals surface area contributed by atoms with Gasteiger partial charge in [-0.3, -0.25) is 9.48 Å². The standard InChI is InChI=1S/C17H33N2/c1-2-3-4-5-6-7-8-9-13-18-15-11-16-19-14-10-12-17(18)19/h2-16H2,1H3/q+1. The molecule has 0 saturated carbocycles. The van der Waals surface area contributed by atoms with Crippen LogP contribution >= 0.6 is 0 Å². The summed E-state index contributed by atoms with van der Waals surface area (Å²) in [5.74, 6) is 1.68. The van der Waals surface area contributed by atoms with Crippen molar-refractivity contribution in [1.82, 2.24) is 4.90 Å². The lowest BCUT2D eigenvalue weighted by Gasteiger charge is -2.23. The third-order valence-corrected chi connectivity index (χ3v) is 4.70. The van der Waals surface area contributed by atoms with Crippen LogP contribution in [0.5, 0.6) is 0 Å². The highest BCUT2D eigenvalue weighted by Crippen LogP contribution is 2.16. The molecule has 19 heavy (non-hydrogen) atoms. The molecule has 0 atom stereocenters. The zero-order valence-corrected chi connectivity index (χ0v) is 13.0. The Labute approximate surface area is 119 Å². The smallest absolute Gasteiger partial charge is 0.246 e. The van der Waals surface area contributed by atoms with Gasteiger partial charge in [0.1, 0.15) is 0 Å². The first-order valence-corrected chi connectivity index (χ1v) is 8.77. The fraction of sp³-hybridized carbons (Fsp3) is 0.941. The van der Waals surface area contributed by atoms with Crippen molar-refractivity contribution in [1.29, 1.82) is 0 Å². The van der Waals surface area contributed by atoms with Crippen LogP contribution in [-0.4, -0.2) is 41.5 Å². The minimum Gasteiger partial charge on any atom is -0.266 e. The molecule has 0 spiro atoms. The van der Waals surface area contributed by atoms with Gasteiger partial charge >= 0.3 is 0 Å². The Bertz CT molecular complexity index is 283. The normalized spacial score (nSPS) is 19.1. The fourth-order valence-corrected chi connectivity index (χ4v) is 3.57. The Morgan fingerprint density at radius 3 is 2.37 bits per heavy atom. The van der Waals surface area contributed by atoms with Crippen molar-refractivity contribution in [3.63, 3.8) is 0 Å². The molecule has 0 unspecified atom stereocenters. The lowest BCUT2D eigenvalue weighted by atomic mass is 10.1. The Balaban J connectivity index is 1.52. The second-order valence-electron chi connectivity index (χ2n) is 6.32. The van der Waals surface area contributed by atoms with E-state index in [0.29, 0.717) is 0 Å². The summed E-state index contributed by atoms with van der Waals surface area (Å²) in [4.78, 5) is 2.69. The second-order valence-corrected chi connectivity index (χ2v) is 6.32. The van der Waals surface area contributed by atoms with Gasteiger partial charge in [-0.05, 0) is 19.3 Å². The summed E-state index contributed by atoms with van der Waals surface area (Å²) < 4.78 is 2.63. The fourth-order valence-electron chi connectivity index (χ4n) is 3.57. The SMILES string of the molecule is CCCCCCCCCCN1CCC[N+]2=C1CCC2. The van der Waals surface area contributed by atoms with Crippen molar-refractivity contribution in [2.45, 2.75) is 77.6 Å². The molecule has 2 nitrogen and oxygen atoms in total. The van der Waals surface area contributed by atoms with Gasteiger partial charge in [-0.15, -0.1) is 0 Å². The largest absolute Gasteiger partial charge is 0.266 e. The molecule has 0 aromatic heterocycles. The van der Waals surface area contributed by atoms with Crippen LogP contribution in [0.4, 0.5) is 0 Å². The van der Waals surface area contributed by atoms with Crippen LogP contribution < -0.4 is 0 Å². The number of hydrogen-bond donors (Lipinski definition) is 0. The quantitative estimate of drug-likeness (QED) is 0.450. The lowest BCUT2D eigenvalue weighted by Crippen LogP contribution is -2.41. The van der Waals surface area contributed by atoms with Crippen LogP contribution in [0.2, 0.25) is 0 Å². The molecule has 0 aromatic rings. The van der Waals surface area contributed by atoms with Gasteiger partial charge in [-0.25, -0.2) is 0 Å². The third-order valence-electron chi connectivity index (χ3n) is 4.70. The van der Waals surface area contributed by atoms with Crippen LogP contribution in [0.1, 0.15) is 77.6 Å². The van der Waals surface area contributed by atoms with E-state index in [1.54, 1.807) is 5.84 Å². The maximum Gasteiger partial charge on any atom is 0.246 e. The van der Waals surface area contributed by atoms with Crippen LogP contribution in [0.25, 0.3) is 0 Å². The maximum absolute atomic E-state index is 2.69. The van der Waals surface area contributed by atoms with E-state index in [0.717, 1.165) is 0 Å². The van der Waals surface area contributed by atoms with Crippen LogP contribution in [0.15, 0.2) is 0 Å². The minimum atomic E-state index is 1.32. The number of rotatable bonds is 9. The van der Waals surface area contributed by atoms with Gasteiger partial charge < -0.3 is 0 Å². The molecule has 2 heteroatoms. The number of nitrogens with zero attached hydrogens (tertiary/aromatic N) is 2. The highest BCUT2D eigenvalue weighted by molar-refractivity contribution is 5.78. The molecular weight excluding hydrogens is 232 g/mol. The summed E-state index contributed by atoms with van der Waals surface area (Å²) in [6.07, 6.45) is 15.6. The van der Waals surface area contributed by atoms with Crippen molar-refractivity contribution in [3.05, 3.63) is 0 Å². The van der Waals surface area contributed by atoms with Gasteiger partial charge in [-0.2, -0.15) is 0 Å². The molecule has 0 saturated heterocycles. The van der Waals surface area contributed by atoms with Crippen molar-refractivity contribution >= 4 is 5.84 Å². The third kappa shape index (κ3) is 4.81. The molecule has 0 amide bonds.